The maximum Gasteiger partial charge on any atom is 0.0522 e. The fraction of sp³-hybridized carbons (Fsp3) is 0.727. The second-order valence-electron chi connectivity index (χ2n) is 4.09. The lowest BCUT2D eigenvalue weighted by Crippen LogP contribution is -2.24. The third-order valence-electron chi connectivity index (χ3n) is 2.46. The van der Waals surface area contributed by atoms with Crippen molar-refractivity contribution in [3.05, 3.63) is 18.0 Å². The van der Waals surface area contributed by atoms with Crippen LogP contribution in [-0.2, 0) is 13.5 Å². The molecule has 0 radical (unpaired) electrons. The van der Waals surface area contributed by atoms with Gasteiger partial charge in [0, 0.05) is 19.9 Å². The van der Waals surface area contributed by atoms with Gasteiger partial charge in [-0.1, -0.05) is 6.92 Å². The molecule has 4 heteroatoms. The van der Waals surface area contributed by atoms with Crippen molar-refractivity contribution in [3.63, 3.8) is 0 Å². The van der Waals surface area contributed by atoms with Crippen molar-refractivity contribution in [3.8, 4) is 0 Å². The Kier molecular flexibility index (Phi) is 5.36. The highest BCUT2D eigenvalue weighted by atomic mass is 16.3. The largest absolute Gasteiger partial charge is 0.396 e. The Hall–Kier alpha value is -0.870. The fourth-order valence-corrected chi connectivity index (χ4v) is 1.50. The van der Waals surface area contributed by atoms with Crippen molar-refractivity contribution in [2.24, 2.45) is 13.0 Å². The molecule has 0 aliphatic rings. The van der Waals surface area contributed by atoms with E-state index in [-0.39, 0.29) is 6.61 Å². The van der Waals surface area contributed by atoms with Crippen LogP contribution in [0.1, 0.15) is 18.9 Å². The van der Waals surface area contributed by atoms with Gasteiger partial charge in [0.15, 0.2) is 0 Å². The summed E-state index contributed by atoms with van der Waals surface area (Å²) in [5.41, 5.74) is 1.26. The normalized spacial score (nSPS) is 13.0. The predicted molar refractivity (Wildman–Crippen MR) is 60.6 cm³/mol. The van der Waals surface area contributed by atoms with Crippen LogP contribution in [0.25, 0.3) is 0 Å². The quantitative estimate of drug-likeness (QED) is 0.648. The maximum absolute atomic E-state index is 8.74. The molecule has 0 bridgehead atoms. The van der Waals surface area contributed by atoms with E-state index in [4.69, 9.17) is 5.11 Å². The lowest BCUT2D eigenvalue weighted by molar-refractivity contribution is 0.260. The number of hydrogen-bond acceptors (Lipinski definition) is 3. The highest BCUT2D eigenvalue weighted by Gasteiger charge is 2.00. The van der Waals surface area contributed by atoms with E-state index in [1.807, 2.05) is 24.1 Å². The Bertz CT molecular complexity index is 273. The summed E-state index contributed by atoms with van der Waals surface area (Å²) in [5, 5.41) is 16.2. The first-order chi connectivity index (χ1) is 7.22. The van der Waals surface area contributed by atoms with Crippen molar-refractivity contribution in [2.75, 3.05) is 19.7 Å². The summed E-state index contributed by atoms with van der Waals surface area (Å²) >= 11 is 0. The molecule has 1 aromatic rings. The van der Waals surface area contributed by atoms with Gasteiger partial charge in [-0.15, -0.1) is 0 Å². The van der Waals surface area contributed by atoms with Crippen LogP contribution in [0.15, 0.2) is 12.4 Å². The van der Waals surface area contributed by atoms with E-state index < -0.39 is 0 Å². The van der Waals surface area contributed by atoms with Crippen molar-refractivity contribution in [2.45, 2.75) is 19.8 Å². The molecule has 0 spiro atoms. The van der Waals surface area contributed by atoms with E-state index in [2.05, 4.69) is 17.3 Å². The molecule has 0 saturated carbocycles. The van der Waals surface area contributed by atoms with Crippen molar-refractivity contribution < 1.29 is 5.11 Å². The average molecular weight is 211 g/mol. The minimum Gasteiger partial charge on any atom is -0.396 e. The zero-order chi connectivity index (χ0) is 11.1. The third kappa shape index (κ3) is 4.95. The third-order valence-corrected chi connectivity index (χ3v) is 2.46. The van der Waals surface area contributed by atoms with Crippen molar-refractivity contribution in [1.29, 1.82) is 0 Å². The molecule has 0 aliphatic heterocycles. The van der Waals surface area contributed by atoms with Crippen LogP contribution in [0.2, 0.25) is 0 Å². The zero-order valence-corrected chi connectivity index (χ0v) is 9.61. The van der Waals surface area contributed by atoms with E-state index in [1.165, 1.54) is 5.56 Å². The molecule has 0 aliphatic carbocycles. The van der Waals surface area contributed by atoms with Gasteiger partial charge < -0.3 is 10.4 Å². The predicted octanol–water partition coefficient (Wildman–Crippen LogP) is 0.571. The summed E-state index contributed by atoms with van der Waals surface area (Å²) in [6.07, 6.45) is 5.83. The van der Waals surface area contributed by atoms with E-state index in [1.54, 1.807) is 0 Å². The molecule has 1 unspecified atom stereocenters. The van der Waals surface area contributed by atoms with Crippen LogP contribution < -0.4 is 5.32 Å². The summed E-state index contributed by atoms with van der Waals surface area (Å²) in [6.45, 7) is 4.38. The Morgan fingerprint density at radius 3 is 3.00 bits per heavy atom. The van der Waals surface area contributed by atoms with Crippen LogP contribution in [0, 0.1) is 5.92 Å². The van der Waals surface area contributed by atoms with Gasteiger partial charge >= 0.3 is 0 Å². The molecule has 0 amide bonds. The molecule has 86 valence electrons. The summed E-state index contributed by atoms with van der Waals surface area (Å²) in [6, 6.07) is 0. The van der Waals surface area contributed by atoms with Crippen LogP contribution >= 0.6 is 0 Å². The first kappa shape index (κ1) is 12.2. The Labute approximate surface area is 91.3 Å². The second kappa shape index (κ2) is 6.58. The number of nitrogens with one attached hydrogen (secondary N) is 1. The van der Waals surface area contributed by atoms with Crippen LogP contribution in [0.5, 0.6) is 0 Å². The number of aromatic nitrogens is 2. The Morgan fingerprint density at radius 2 is 2.40 bits per heavy atom. The number of nitrogens with zero attached hydrogens (tertiary/aromatic N) is 2. The molecule has 0 saturated heterocycles. The second-order valence-corrected chi connectivity index (χ2v) is 4.09. The molecule has 1 heterocycles. The molecule has 4 nitrogen and oxygen atoms in total. The summed E-state index contributed by atoms with van der Waals surface area (Å²) in [4.78, 5) is 0. The molecule has 1 atom stereocenters. The molecular formula is C11H21N3O. The molecule has 2 N–H and O–H groups in total. The number of hydrogen-bond donors (Lipinski definition) is 2. The smallest absolute Gasteiger partial charge is 0.0522 e. The van der Waals surface area contributed by atoms with Crippen LogP contribution in [0.3, 0.4) is 0 Å². The van der Waals surface area contributed by atoms with E-state index >= 15 is 0 Å². The first-order valence-electron chi connectivity index (χ1n) is 5.51. The maximum atomic E-state index is 8.74. The van der Waals surface area contributed by atoms with E-state index in [0.29, 0.717) is 5.92 Å². The van der Waals surface area contributed by atoms with Gasteiger partial charge in [0.05, 0.1) is 6.20 Å². The van der Waals surface area contributed by atoms with Gasteiger partial charge in [0.1, 0.15) is 0 Å². The lowest BCUT2D eigenvalue weighted by atomic mass is 10.1. The van der Waals surface area contributed by atoms with Gasteiger partial charge in [-0.25, -0.2) is 0 Å². The summed E-state index contributed by atoms with van der Waals surface area (Å²) in [5.74, 6) is 0.545. The monoisotopic (exact) mass is 211 g/mol. The molecule has 1 rings (SSSR count). The number of aliphatic hydroxyl groups excluding tert-OH is 1. The summed E-state index contributed by atoms with van der Waals surface area (Å²) < 4.78 is 1.82. The number of rotatable bonds is 7. The minimum absolute atomic E-state index is 0.283. The van der Waals surface area contributed by atoms with Crippen molar-refractivity contribution in [1.82, 2.24) is 15.1 Å². The first-order valence-corrected chi connectivity index (χ1v) is 5.51. The molecule has 15 heavy (non-hydrogen) atoms. The van der Waals surface area contributed by atoms with Gasteiger partial charge in [-0.05, 0) is 37.4 Å². The highest BCUT2D eigenvalue weighted by molar-refractivity contribution is 5.03. The Morgan fingerprint density at radius 1 is 1.60 bits per heavy atom. The average Bonchev–Trinajstić information content (AvgIpc) is 2.60. The SMILES string of the molecule is CC(CCO)CNCCc1cnn(C)c1. The van der Waals surface area contributed by atoms with E-state index in [0.717, 1.165) is 25.9 Å². The molecule has 0 aromatic carbocycles. The van der Waals surface area contributed by atoms with Crippen LogP contribution in [0.4, 0.5) is 0 Å². The van der Waals surface area contributed by atoms with Crippen LogP contribution in [-0.4, -0.2) is 34.6 Å². The van der Waals surface area contributed by atoms with Gasteiger partial charge in [0.2, 0.25) is 0 Å². The molecule has 1 aromatic heterocycles. The van der Waals surface area contributed by atoms with Crippen molar-refractivity contribution >= 4 is 0 Å². The van der Waals surface area contributed by atoms with E-state index in [9.17, 15) is 0 Å². The number of aliphatic hydroxyl groups is 1. The summed E-state index contributed by atoms with van der Waals surface area (Å²) in [7, 11) is 1.93. The Balaban J connectivity index is 2.06. The highest BCUT2D eigenvalue weighted by Crippen LogP contribution is 1.99. The lowest BCUT2D eigenvalue weighted by Gasteiger charge is -2.10. The standard InChI is InChI=1S/C11H21N3O/c1-10(4-6-15)7-12-5-3-11-8-13-14(2)9-11/h8-10,12,15H,3-7H2,1-2H3. The fourth-order valence-electron chi connectivity index (χ4n) is 1.50. The minimum atomic E-state index is 0.283. The van der Waals surface area contributed by atoms with Gasteiger partial charge in [-0.2, -0.15) is 5.10 Å². The molecular weight excluding hydrogens is 190 g/mol. The zero-order valence-electron chi connectivity index (χ0n) is 9.61. The number of aryl methyl sites for hydroxylation is 1. The van der Waals surface area contributed by atoms with Gasteiger partial charge in [0.25, 0.3) is 0 Å². The topological polar surface area (TPSA) is 50.1 Å². The van der Waals surface area contributed by atoms with Gasteiger partial charge in [-0.3, -0.25) is 4.68 Å². The molecule has 0 fully saturated rings.